The van der Waals surface area contributed by atoms with Gasteiger partial charge in [-0.3, -0.25) is 9.59 Å². The number of amides is 2. The Labute approximate surface area is 93.3 Å². The van der Waals surface area contributed by atoms with Gasteiger partial charge in [0.05, 0.1) is 0 Å². The molecule has 0 fully saturated rings. The number of carbonyl (C=O) groups excluding carboxylic acids is 3. The second kappa shape index (κ2) is 5.94. The predicted octanol–water partition coefficient (Wildman–Crippen LogP) is -0.460. The minimum Gasteiger partial charge on any atom is -0.454 e. The third kappa shape index (κ3) is 8.79. The highest BCUT2D eigenvalue weighted by atomic mass is 16.6. The van der Waals surface area contributed by atoms with Crippen LogP contribution >= 0.6 is 0 Å². The summed E-state index contributed by atoms with van der Waals surface area (Å²) in [4.78, 5) is 32.2. The molecule has 0 unspecified atom stereocenters. The lowest BCUT2D eigenvalue weighted by Gasteiger charge is -2.19. The van der Waals surface area contributed by atoms with E-state index in [9.17, 15) is 14.4 Å². The summed E-state index contributed by atoms with van der Waals surface area (Å²) in [6.07, 6.45) is -0.733. The van der Waals surface area contributed by atoms with Gasteiger partial charge in [0, 0.05) is 0 Å². The van der Waals surface area contributed by atoms with E-state index in [0.717, 1.165) is 0 Å². The van der Waals surface area contributed by atoms with E-state index in [4.69, 9.17) is 10.5 Å². The summed E-state index contributed by atoms with van der Waals surface area (Å²) in [6.45, 7) is 4.20. The van der Waals surface area contributed by atoms with Gasteiger partial charge in [-0.05, 0) is 20.8 Å². The third-order valence-corrected chi connectivity index (χ3v) is 1.15. The highest BCUT2D eigenvalue weighted by Crippen LogP contribution is 2.05. The number of ether oxygens (including phenoxy) is 2. The molecule has 7 heteroatoms. The van der Waals surface area contributed by atoms with E-state index in [2.05, 4.69) is 10.1 Å². The maximum absolute atomic E-state index is 11.1. The number of esters is 1. The quantitative estimate of drug-likeness (QED) is 0.637. The van der Waals surface area contributed by atoms with Crippen LogP contribution in [0.5, 0.6) is 0 Å². The molecule has 0 spiro atoms. The third-order valence-electron chi connectivity index (χ3n) is 1.15. The molecule has 0 radical (unpaired) electrons. The minimum atomic E-state index is -0.760. The van der Waals surface area contributed by atoms with Gasteiger partial charge in [0.15, 0.2) is 6.61 Å². The molecule has 7 nitrogen and oxygen atoms in total. The number of hydrogen-bond acceptors (Lipinski definition) is 5. The Hall–Kier alpha value is -1.79. The Balaban J connectivity index is 3.76. The van der Waals surface area contributed by atoms with Crippen LogP contribution in [0.4, 0.5) is 4.79 Å². The van der Waals surface area contributed by atoms with Crippen molar-refractivity contribution in [2.45, 2.75) is 26.4 Å². The van der Waals surface area contributed by atoms with E-state index in [1.54, 1.807) is 20.8 Å². The number of alkyl carbamates (subject to hydrolysis) is 1. The lowest BCUT2D eigenvalue weighted by molar-refractivity contribution is -0.146. The van der Waals surface area contributed by atoms with E-state index >= 15 is 0 Å². The summed E-state index contributed by atoms with van der Waals surface area (Å²) in [7, 11) is 0. The molecule has 2 amide bonds. The van der Waals surface area contributed by atoms with Crippen LogP contribution < -0.4 is 11.1 Å². The van der Waals surface area contributed by atoms with Crippen molar-refractivity contribution in [3.05, 3.63) is 0 Å². The molecule has 3 N–H and O–H groups in total. The van der Waals surface area contributed by atoms with Crippen LogP contribution in [0.2, 0.25) is 0 Å². The number of rotatable bonds is 4. The molecule has 0 bridgehead atoms. The average Bonchev–Trinajstić information content (AvgIpc) is 2.08. The Morgan fingerprint density at radius 2 is 1.81 bits per heavy atom. The van der Waals surface area contributed by atoms with Gasteiger partial charge in [-0.15, -0.1) is 0 Å². The summed E-state index contributed by atoms with van der Waals surface area (Å²) in [5, 5.41) is 2.17. The zero-order valence-corrected chi connectivity index (χ0v) is 9.53. The van der Waals surface area contributed by atoms with Gasteiger partial charge < -0.3 is 20.5 Å². The molecule has 0 aliphatic heterocycles. The first-order valence-electron chi connectivity index (χ1n) is 4.61. The van der Waals surface area contributed by atoms with Gasteiger partial charge in [0.25, 0.3) is 5.91 Å². The van der Waals surface area contributed by atoms with E-state index in [1.165, 1.54) is 0 Å². The number of carbonyl (C=O) groups is 3. The molecule has 0 rings (SSSR count). The SMILES string of the molecule is CC(C)(C)OC(=O)NCC(=O)OCC(N)=O. The summed E-state index contributed by atoms with van der Waals surface area (Å²) in [5.41, 5.74) is 4.11. The molecule has 0 saturated heterocycles. The van der Waals surface area contributed by atoms with Gasteiger partial charge in [-0.1, -0.05) is 0 Å². The largest absolute Gasteiger partial charge is 0.454 e. The normalized spacial score (nSPS) is 10.4. The highest BCUT2D eigenvalue weighted by molar-refractivity contribution is 5.81. The molecule has 0 aliphatic carbocycles. The van der Waals surface area contributed by atoms with Gasteiger partial charge in [0.2, 0.25) is 0 Å². The van der Waals surface area contributed by atoms with Gasteiger partial charge in [0.1, 0.15) is 12.1 Å². The molecule has 0 saturated carbocycles. The molecule has 92 valence electrons. The molecular weight excluding hydrogens is 216 g/mol. The first-order chi connectivity index (χ1) is 7.20. The molecule has 0 aromatic rings. The second-order valence-electron chi connectivity index (χ2n) is 3.98. The zero-order chi connectivity index (χ0) is 12.8. The van der Waals surface area contributed by atoms with Crippen LogP contribution in [0.25, 0.3) is 0 Å². The van der Waals surface area contributed by atoms with E-state index in [0.29, 0.717) is 0 Å². The average molecular weight is 232 g/mol. The Morgan fingerprint density at radius 3 is 2.25 bits per heavy atom. The fraction of sp³-hybridized carbons (Fsp3) is 0.667. The van der Waals surface area contributed by atoms with Crippen molar-refractivity contribution in [1.82, 2.24) is 5.32 Å². The molecule has 0 aliphatic rings. The van der Waals surface area contributed by atoms with Crippen molar-refractivity contribution in [1.29, 1.82) is 0 Å². The van der Waals surface area contributed by atoms with Crippen molar-refractivity contribution >= 4 is 18.0 Å². The Morgan fingerprint density at radius 1 is 1.25 bits per heavy atom. The van der Waals surface area contributed by atoms with Crippen LogP contribution in [0.15, 0.2) is 0 Å². The van der Waals surface area contributed by atoms with Gasteiger partial charge >= 0.3 is 12.1 Å². The Bertz CT molecular complexity index is 282. The second-order valence-corrected chi connectivity index (χ2v) is 3.98. The van der Waals surface area contributed by atoms with E-state index in [1.807, 2.05) is 0 Å². The molecule has 0 heterocycles. The first-order valence-corrected chi connectivity index (χ1v) is 4.61. The van der Waals surface area contributed by atoms with E-state index < -0.39 is 30.2 Å². The van der Waals surface area contributed by atoms with Crippen LogP contribution in [-0.2, 0) is 19.1 Å². The van der Waals surface area contributed by atoms with Gasteiger partial charge in [-0.2, -0.15) is 0 Å². The molecule has 16 heavy (non-hydrogen) atoms. The van der Waals surface area contributed by atoms with Crippen molar-refractivity contribution in [3.63, 3.8) is 0 Å². The number of nitrogens with one attached hydrogen (secondary N) is 1. The van der Waals surface area contributed by atoms with Crippen molar-refractivity contribution in [2.24, 2.45) is 5.73 Å². The summed E-state index contributed by atoms with van der Waals surface area (Å²) in [5.74, 6) is -1.52. The van der Waals surface area contributed by atoms with Crippen molar-refractivity contribution in [3.8, 4) is 0 Å². The lowest BCUT2D eigenvalue weighted by Crippen LogP contribution is -2.36. The van der Waals surface area contributed by atoms with Crippen molar-refractivity contribution in [2.75, 3.05) is 13.2 Å². The summed E-state index contributed by atoms with van der Waals surface area (Å²) < 4.78 is 9.26. The maximum Gasteiger partial charge on any atom is 0.408 e. The fourth-order valence-electron chi connectivity index (χ4n) is 0.661. The smallest absolute Gasteiger partial charge is 0.408 e. The van der Waals surface area contributed by atoms with Crippen LogP contribution in [0.3, 0.4) is 0 Å². The van der Waals surface area contributed by atoms with Crippen LogP contribution in [-0.4, -0.2) is 36.7 Å². The summed E-state index contributed by atoms with van der Waals surface area (Å²) >= 11 is 0. The minimum absolute atomic E-state index is 0.373. The topological polar surface area (TPSA) is 108 Å². The first kappa shape index (κ1) is 14.2. The number of hydrogen-bond donors (Lipinski definition) is 2. The Kier molecular flexibility index (Phi) is 5.27. The lowest BCUT2D eigenvalue weighted by atomic mass is 10.2. The van der Waals surface area contributed by atoms with Crippen molar-refractivity contribution < 1.29 is 23.9 Å². The summed E-state index contributed by atoms with van der Waals surface area (Å²) in [6, 6.07) is 0. The number of primary amides is 1. The predicted molar refractivity (Wildman–Crippen MR) is 54.4 cm³/mol. The van der Waals surface area contributed by atoms with Gasteiger partial charge in [-0.25, -0.2) is 4.79 Å². The molecule has 0 atom stereocenters. The zero-order valence-electron chi connectivity index (χ0n) is 9.53. The van der Waals surface area contributed by atoms with Crippen LogP contribution in [0.1, 0.15) is 20.8 Å². The highest BCUT2D eigenvalue weighted by Gasteiger charge is 2.16. The molecule has 0 aromatic heterocycles. The fourth-order valence-corrected chi connectivity index (χ4v) is 0.661. The standard InChI is InChI=1S/C9H16N2O5/c1-9(2,3)16-8(14)11-4-7(13)15-5-6(10)12/h4-5H2,1-3H3,(H2,10,12)(H,11,14). The molecular formula is C9H16N2O5. The number of nitrogens with two attached hydrogens (primary N) is 1. The maximum atomic E-state index is 11.1. The monoisotopic (exact) mass is 232 g/mol. The van der Waals surface area contributed by atoms with Crippen LogP contribution in [0, 0.1) is 0 Å². The van der Waals surface area contributed by atoms with E-state index in [-0.39, 0.29) is 6.54 Å². The molecule has 0 aromatic carbocycles.